The van der Waals surface area contributed by atoms with E-state index in [1.165, 1.54) is 35.9 Å². The normalized spacial score (nSPS) is 27.2. The van der Waals surface area contributed by atoms with Gasteiger partial charge in [0, 0.05) is 0 Å². The highest BCUT2D eigenvalue weighted by atomic mass is 31.2. The first-order valence-electron chi connectivity index (χ1n) is 17.8. The first kappa shape index (κ1) is 49.9. The Hall–Kier alpha value is -3.50. The van der Waals surface area contributed by atoms with E-state index >= 15 is 0 Å². The molecule has 0 spiro atoms. The smallest absolute Gasteiger partial charge is 0.387 e. The number of nitrogens with zero attached hydrogens (tertiary/aromatic N) is 6. The van der Waals surface area contributed by atoms with Crippen LogP contribution in [0.2, 0.25) is 0 Å². The number of aromatic amines is 2. The van der Waals surface area contributed by atoms with E-state index in [2.05, 4.69) is 29.0 Å². The van der Waals surface area contributed by atoms with E-state index in [0.29, 0.717) is 0 Å². The van der Waals surface area contributed by atoms with Crippen LogP contribution in [-0.2, 0) is 69.0 Å². The number of aryl methyl sites for hydroxylation is 2. The molecule has 38 heteroatoms. The molecule has 2 saturated heterocycles. The number of phosphoric acid groups is 4. The average molecular weight is 1000 g/mol. The van der Waals surface area contributed by atoms with Gasteiger partial charge < -0.3 is 70.7 Å². The van der Waals surface area contributed by atoms with E-state index < -0.39 is 130 Å². The van der Waals surface area contributed by atoms with E-state index in [4.69, 9.17) is 39.0 Å². The van der Waals surface area contributed by atoms with E-state index in [1.807, 2.05) is 0 Å². The predicted molar refractivity (Wildman–Crippen MR) is 201 cm³/mol. The first-order chi connectivity index (χ1) is 29.5. The van der Waals surface area contributed by atoms with Crippen molar-refractivity contribution in [2.24, 2.45) is 14.1 Å². The van der Waals surface area contributed by atoms with Gasteiger partial charge >= 0.3 is 42.4 Å². The monoisotopic (exact) mass is 1000 g/mol. The number of aromatic nitrogens is 8. The Labute approximate surface area is 354 Å². The van der Waals surface area contributed by atoms with E-state index in [1.54, 1.807) is 0 Å². The van der Waals surface area contributed by atoms with E-state index in [0.717, 1.165) is 9.13 Å². The van der Waals surface area contributed by atoms with Crippen LogP contribution in [-0.4, -0.2) is 154 Å². The molecule has 2 aliphatic heterocycles. The first-order valence-corrected chi connectivity index (χ1v) is 23.9. The lowest BCUT2D eigenvalue weighted by atomic mass is 10.1. The molecule has 6 rings (SSSR count). The minimum Gasteiger partial charge on any atom is -0.387 e. The van der Waals surface area contributed by atoms with Crippen LogP contribution in [0.3, 0.4) is 0 Å². The lowest BCUT2D eigenvalue weighted by Gasteiger charge is -2.28. The summed E-state index contributed by atoms with van der Waals surface area (Å²) in [5.74, 6) is -0.614. The van der Waals surface area contributed by atoms with Gasteiger partial charge in [-0.1, -0.05) is 0 Å². The molecule has 34 nitrogen and oxygen atoms in total. The third-order valence-electron chi connectivity index (χ3n) is 9.37. The molecule has 0 radical (unpaired) electrons. The van der Waals surface area contributed by atoms with Crippen LogP contribution in [0.1, 0.15) is 12.5 Å². The number of H-pyrrole nitrogens is 2. The lowest BCUT2D eigenvalue weighted by molar-refractivity contribution is -0.646. The van der Waals surface area contributed by atoms with E-state index in [9.17, 15) is 77.6 Å². The van der Waals surface area contributed by atoms with Gasteiger partial charge in [-0.15, -0.1) is 0 Å². The van der Waals surface area contributed by atoms with Gasteiger partial charge in [-0.05, 0) is 0 Å². The molecule has 2 fully saturated rings. The number of anilines is 2. The molecule has 0 aromatic carbocycles. The van der Waals surface area contributed by atoms with Crippen LogP contribution in [0.25, 0.3) is 22.3 Å². The number of hydrogen-bond donors (Lipinski definition) is 14. The summed E-state index contributed by atoms with van der Waals surface area (Å²) in [6.45, 7) is -5.22. The standard InChI is InChI=1S/C26H40N10O24P4/c1-33-7-35(19-13(33)21(41)31-25(27)29-19)23-17(39)15(37)11(57-23)5-55-63(49,50)53-3-9(59-61(43,44)45)10(60-62(46,47)48)4-54-64(51,52)56-6-12-16(38)18(40)24(58-12)36-8-34(2)14-20(36)30-26(28)32-22(14)42/h7-12,15-18,23-24,37-40H,3-6H2,1-2H3,(H10-2,27,28,29,30,31,32,41,42,43,44,45,46,47,48,49,50,51,52)/p+2/t9-,10?,11-,12-,15-,16-,17-,18-,23-,24-/m1/s1. The number of imidazole rings is 2. The average Bonchev–Trinajstić information content (AvgIpc) is 3.85. The van der Waals surface area contributed by atoms with Gasteiger partial charge in [0.1, 0.15) is 48.8 Å². The fourth-order valence-corrected chi connectivity index (χ4v) is 9.20. The number of aliphatic hydroxyl groups is 4. The molecule has 12 atom stereocenters. The molecule has 64 heavy (non-hydrogen) atoms. The SMILES string of the molecule is C[n+]1cn([C@@H]2O[C@H](COP(=O)(O)OCC(OP(=O)(O)O)[C@@H](COP(=O)(O)OC[C@H]3O[C@@H](n4c[n+](C)c5c(=O)[nH]c(N)nc54)[C@H](O)[C@@H]3O)OP(=O)(O)O)[C@@H](O)[C@H]2O)c2nc(N)[nH]c(=O)c21. The van der Waals surface area contributed by atoms with Gasteiger partial charge in [0.2, 0.25) is 37.0 Å². The number of nitrogen functional groups attached to an aromatic ring is 2. The molecule has 4 aromatic rings. The van der Waals surface area contributed by atoms with Crippen LogP contribution >= 0.6 is 31.3 Å². The number of phosphoric ester groups is 4. The summed E-state index contributed by atoms with van der Waals surface area (Å²) in [4.78, 5) is 96.2. The van der Waals surface area contributed by atoms with Gasteiger partial charge in [0.15, 0.2) is 0 Å². The third-order valence-corrected chi connectivity index (χ3v) is 12.4. The van der Waals surface area contributed by atoms with Crippen LogP contribution < -0.4 is 31.7 Å². The van der Waals surface area contributed by atoms with Crippen molar-refractivity contribution in [3.63, 3.8) is 0 Å². The Morgan fingerprint density at radius 3 is 1.33 bits per heavy atom. The summed E-state index contributed by atoms with van der Waals surface area (Å²) in [7, 11) is -19.5. The maximum atomic E-state index is 12.9. The zero-order valence-electron chi connectivity index (χ0n) is 32.6. The zero-order chi connectivity index (χ0) is 47.4. The van der Waals surface area contributed by atoms with Crippen molar-refractivity contribution >= 4 is 65.5 Å². The summed E-state index contributed by atoms with van der Waals surface area (Å²) < 4.78 is 93.5. The number of ether oxygens (including phenoxy) is 2. The van der Waals surface area contributed by atoms with Crippen molar-refractivity contribution in [2.75, 3.05) is 37.9 Å². The lowest BCUT2D eigenvalue weighted by Crippen LogP contribution is -2.38. The maximum absolute atomic E-state index is 12.9. The minimum absolute atomic E-state index is 0.0174. The highest BCUT2D eigenvalue weighted by molar-refractivity contribution is 7.48. The van der Waals surface area contributed by atoms with Crippen molar-refractivity contribution in [3.8, 4) is 0 Å². The second kappa shape index (κ2) is 18.6. The molecule has 0 aliphatic carbocycles. The number of aliphatic hydroxyl groups excluding tert-OH is 4. The number of nitrogens with one attached hydrogen (secondary N) is 2. The molecule has 16 N–H and O–H groups in total. The number of fused-ring (bicyclic) bond motifs is 2. The third kappa shape index (κ3) is 11.4. The summed E-state index contributed by atoms with van der Waals surface area (Å²) in [5.41, 5.74) is 9.72. The molecule has 2 aliphatic rings. The number of rotatable bonds is 19. The minimum atomic E-state index is -5.75. The van der Waals surface area contributed by atoms with Crippen molar-refractivity contribution in [1.82, 2.24) is 29.1 Å². The van der Waals surface area contributed by atoms with Crippen molar-refractivity contribution < 1.29 is 114 Å². The Balaban J connectivity index is 1.09. The van der Waals surface area contributed by atoms with Crippen LogP contribution in [0.4, 0.5) is 11.9 Å². The Morgan fingerprint density at radius 1 is 0.656 bits per heavy atom. The summed E-state index contributed by atoms with van der Waals surface area (Å²) in [5, 5.41) is 42.8. The number of nitrogens with two attached hydrogens (primary N) is 2. The fourth-order valence-electron chi connectivity index (χ4n) is 6.61. The van der Waals surface area contributed by atoms with Crippen molar-refractivity contribution in [3.05, 3.63) is 33.4 Å². The van der Waals surface area contributed by atoms with Gasteiger partial charge in [-0.2, -0.15) is 19.1 Å². The van der Waals surface area contributed by atoms with Crippen molar-refractivity contribution in [2.45, 2.75) is 61.3 Å². The van der Waals surface area contributed by atoms with Gasteiger partial charge in [0.05, 0.1) is 40.5 Å². The molecule has 4 aromatic heterocycles. The van der Waals surface area contributed by atoms with Crippen LogP contribution in [0, 0.1) is 0 Å². The Kier molecular flexibility index (Phi) is 14.5. The summed E-state index contributed by atoms with van der Waals surface area (Å²) >= 11 is 0. The molecule has 0 amide bonds. The largest absolute Gasteiger partial charge is 0.472 e. The molecule has 358 valence electrons. The number of hydrogen-bond acceptors (Lipinski definition) is 22. The van der Waals surface area contributed by atoms with Crippen LogP contribution in [0.15, 0.2) is 22.2 Å². The molecule has 3 unspecified atom stereocenters. The summed E-state index contributed by atoms with van der Waals surface area (Å²) in [6, 6.07) is 0. The van der Waals surface area contributed by atoms with Gasteiger partial charge in [-0.25, -0.2) is 27.4 Å². The molecule has 6 heterocycles. The predicted octanol–water partition coefficient (Wildman–Crippen LogP) is -6.26. The second-order valence-electron chi connectivity index (χ2n) is 14.0. The second-order valence-corrected chi connectivity index (χ2v) is 19.3. The highest BCUT2D eigenvalue weighted by Crippen LogP contribution is 2.50. The topological polar surface area (TPSA) is 506 Å². The molecule has 0 saturated carbocycles. The van der Waals surface area contributed by atoms with E-state index in [-0.39, 0.29) is 34.2 Å². The Morgan fingerprint density at radius 2 is 1.00 bits per heavy atom. The molecular weight excluding hydrogens is 960 g/mol. The van der Waals surface area contributed by atoms with Gasteiger partial charge in [0.25, 0.3) is 22.3 Å². The fraction of sp³-hybridized carbons (Fsp3) is 0.615. The quantitative estimate of drug-likeness (QED) is 0.0307. The zero-order valence-corrected chi connectivity index (χ0v) is 36.1. The Bertz CT molecular complexity index is 2500. The van der Waals surface area contributed by atoms with Crippen LogP contribution in [0.5, 0.6) is 0 Å². The highest BCUT2D eigenvalue weighted by Gasteiger charge is 2.50. The molecular formula is C26H42N10O24P4+2. The van der Waals surface area contributed by atoms with Gasteiger partial charge in [-0.3, -0.25) is 46.7 Å². The summed E-state index contributed by atoms with van der Waals surface area (Å²) in [6.07, 6.45) is -16.0. The molecule has 0 bridgehead atoms. The maximum Gasteiger partial charge on any atom is 0.472 e. The van der Waals surface area contributed by atoms with Crippen molar-refractivity contribution in [1.29, 1.82) is 0 Å².